The number of aliphatic carboxylic acids is 1. The lowest BCUT2D eigenvalue weighted by molar-refractivity contribution is -0.140. The van der Waals surface area contributed by atoms with E-state index >= 15 is 0 Å². The number of carboxylic acids is 1. The molecule has 0 spiro atoms. The molecule has 0 saturated heterocycles. The molecule has 1 amide bonds. The van der Waals surface area contributed by atoms with Crippen molar-refractivity contribution in [2.75, 3.05) is 0 Å². The number of nitrogens with one attached hydrogen (secondary N) is 1. The quantitative estimate of drug-likeness (QED) is 0.199. The van der Waals surface area contributed by atoms with E-state index in [1.165, 1.54) is 0 Å². The Morgan fingerprint density at radius 1 is 0.841 bits per heavy atom. The van der Waals surface area contributed by atoms with Crippen molar-refractivity contribution in [2.45, 2.75) is 88.3 Å². The van der Waals surface area contributed by atoms with Crippen LogP contribution in [0.2, 0.25) is 10.0 Å². The van der Waals surface area contributed by atoms with Crippen LogP contribution in [0.15, 0.2) is 66.7 Å². The summed E-state index contributed by atoms with van der Waals surface area (Å²) in [7, 11) is 0. The minimum Gasteiger partial charge on any atom is -0.480 e. The Balaban J connectivity index is 1.42. The van der Waals surface area contributed by atoms with E-state index in [2.05, 4.69) is 9.88 Å². The third-order valence-corrected chi connectivity index (χ3v) is 9.25. The summed E-state index contributed by atoms with van der Waals surface area (Å²) in [5.74, 6) is 0.475. The van der Waals surface area contributed by atoms with E-state index < -0.39 is 17.0 Å². The van der Waals surface area contributed by atoms with Crippen LogP contribution in [0.5, 0.6) is 0 Å². The van der Waals surface area contributed by atoms with E-state index in [1.54, 1.807) is 48.5 Å². The lowest BCUT2D eigenvalue weighted by Crippen LogP contribution is -2.41. The first-order valence-corrected chi connectivity index (χ1v) is 16.0. The number of benzene rings is 3. The zero-order chi connectivity index (χ0) is 31.2. The van der Waals surface area contributed by atoms with Crippen LogP contribution in [-0.2, 0) is 14.9 Å². The smallest absolute Gasteiger partial charge is 0.407 e. The number of fused-ring (bicyclic) bond motifs is 1. The van der Waals surface area contributed by atoms with Crippen LogP contribution in [-0.4, -0.2) is 38.4 Å². The van der Waals surface area contributed by atoms with Crippen LogP contribution >= 0.6 is 23.2 Å². The summed E-state index contributed by atoms with van der Waals surface area (Å²) in [5, 5.41) is 15.2. The molecule has 0 atom stereocenters. The number of alkyl carbamates (subject to hydrolysis) is 1. The molecule has 2 saturated carbocycles. The molecule has 7 nitrogen and oxygen atoms in total. The first kappa shape index (κ1) is 30.5. The van der Waals surface area contributed by atoms with E-state index in [9.17, 15) is 14.7 Å². The molecule has 1 heterocycles. The van der Waals surface area contributed by atoms with Crippen molar-refractivity contribution in [2.24, 2.45) is 0 Å². The number of imidazole rings is 1. The van der Waals surface area contributed by atoms with Gasteiger partial charge < -0.3 is 19.7 Å². The van der Waals surface area contributed by atoms with Crippen LogP contribution in [0.4, 0.5) is 4.79 Å². The number of ether oxygens (including phenoxy) is 1. The number of carboxylic acid groups (broad SMARTS) is 1. The molecular weight excluding hydrogens is 597 g/mol. The van der Waals surface area contributed by atoms with Gasteiger partial charge >= 0.3 is 12.1 Å². The normalized spacial score (nSPS) is 19.1. The highest BCUT2D eigenvalue weighted by atomic mass is 35.5. The Labute approximate surface area is 267 Å². The number of hydrogen-bond acceptors (Lipinski definition) is 4. The number of nitrogens with zero attached hydrogens (tertiary/aromatic N) is 2. The first-order valence-electron chi connectivity index (χ1n) is 15.2. The monoisotopic (exact) mass is 633 g/mol. The second-order valence-corrected chi connectivity index (χ2v) is 13.9. The lowest BCUT2D eigenvalue weighted by Gasteiger charge is -2.33. The highest BCUT2D eigenvalue weighted by Crippen LogP contribution is 2.46. The zero-order valence-electron chi connectivity index (χ0n) is 25.1. The van der Waals surface area contributed by atoms with Gasteiger partial charge in [0.15, 0.2) is 0 Å². The number of carbonyl (C=O) groups excluding carboxylic acids is 1. The minimum absolute atomic E-state index is 0.0466. The fourth-order valence-electron chi connectivity index (χ4n) is 6.58. The SMILES string of the molecule is CC(C)(C)OC(=O)N[C@H]1CC[C@H](n2c(C3CC3)nc3ccc(C(C(=O)O)(c4ccc(Cl)cc4)c4ccc(Cl)cc4)cc32)CC1. The van der Waals surface area contributed by atoms with Crippen molar-refractivity contribution in [1.29, 1.82) is 0 Å². The third-order valence-electron chi connectivity index (χ3n) is 8.75. The summed E-state index contributed by atoms with van der Waals surface area (Å²) in [6.07, 6.45) is 5.19. The number of rotatable bonds is 7. The van der Waals surface area contributed by atoms with Gasteiger partial charge in [-0.15, -0.1) is 0 Å². The van der Waals surface area contributed by atoms with E-state index in [1.807, 2.05) is 39.0 Å². The van der Waals surface area contributed by atoms with Crippen molar-refractivity contribution in [3.63, 3.8) is 0 Å². The van der Waals surface area contributed by atoms with Crippen molar-refractivity contribution >= 4 is 46.3 Å². The Morgan fingerprint density at radius 3 is 1.89 bits per heavy atom. The highest BCUT2D eigenvalue weighted by Gasteiger charge is 2.45. The van der Waals surface area contributed by atoms with Gasteiger partial charge in [-0.05, 0) is 112 Å². The van der Waals surface area contributed by atoms with Gasteiger partial charge in [0.2, 0.25) is 0 Å². The predicted octanol–water partition coefficient (Wildman–Crippen LogP) is 8.65. The maximum Gasteiger partial charge on any atom is 0.407 e. The topological polar surface area (TPSA) is 93.5 Å². The van der Waals surface area contributed by atoms with Crippen molar-refractivity contribution in [3.8, 4) is 0 Å². The van der Waals surface area contributed by atoms with E-state index in [-0.39, 0.29) is 18.2 Å². The maximum absolute atomic E-state index is 13.5. The number of carbonyl (C=O) groups is 2. The predicted molar refractivity (Wildman–Crippen MR) is 173 cm³/mol. The summed E-state index contributed by atoms with van der Waals surface area (Å²) in [6, 6.07) is 20.1. The fourth-order valence-corrected chi connectivity index (χ4v) is 6.83. The van der Waals surface area contributed by atoms with Gasteiger partial charge in [-0.25, -0.2) is 9.78 Å². The zero-order valence-corrected chi connectivity index (χ0v) is 26.7. The van der Waals surface area contributed by atoms with Gasteiger partial charge in [-0.2, -0.15) is 0 Å². The number of amides is 1. The summed E-state index contributed by atoms with van der Waals surface area (Å²) >= 11 is 12.5. The Hall–Kier alpha value is -3.55. The molecule has 2 aliphatic rings. The summed E-state index contributed by atoms with van der Waals surface area (Å²) in [6.45, 7) is 5.58. The molecule has 3 aromatic carbocycles. The van der Waals surface area contributed by atoms with Crippen LogP contribution in [0.1, 0.15) is 93.8 Å². The minimum atomic E-state index is -1.51. The second-order valence-electron chi connectivity index (χ2n) is 13.0. The lowest BCUT2D eigenvalue weighted by atomic mass is 9.69. The first-order chi connectivity index (χ1) is 21.0. The van der Waals surface area contributed by atoms with Crippen LogP contribution in [0, 0.1) is 0 Å². The number of halogens is 2. The molecule has 0 unspecified atom stereocenters. The van der Waals surface area contributed by atoms with Crippen LogP contribution in [0.25, 0.3) is 11.0 Å². The second kappa shape index (κ2) is 11.8. The molecule has 44 heavy (non-hydrogen) atoms. The van der Waals surface area contributed by atoms with Gasteiger partial charge in [0.1, 0.15) is 16.8 Å². The molecular formula is C35H37Cl2N3O4. The summed E-state index contributed by atoms with van der Waals surface area (Å²) in [5.41, 5.74) is 1.56. The van der Waals surface area contributed by atoms with Gasteiger partial charge in [0.25, 0.3) is 0 Å². The van der Waals surface area contributed by atoms with Crippen LogP contribution < -0.4 is 5.32 Å². The van der Waals surface area contributed by atoms with E-state index in [0.29, 0.717) is 32.7 Å². The van der Waals surface area contributed by atoms with Gasteiger partial charge in [0, 0.05) is 28.0 Å². The number of aromatic nitrogens is 2. The van der Waals surface area contributed by atoms with Crippen molar-refractivity contribution in [1.82, 2.24) is 14.9 Å². The van der Waals surface area contributed by atoms with Gasteiger partial charge in [0.05, 0.1) is 11.0 Å². The Morgan fingerprint density at radius 2 is 1.39 bits per heavy atom. The van der Waals surface area contributed by atoms with E-state index in [4.69, 9.17) is 32.9 Å². The molecule has 2 N–H and O–H groups in total. The average molecular weight is 635 g/mol. The standard InChI is InChI=1S/C35H37Cl2N3O4/c1-34(2,3)44-33(43)38-27-15-17-28(18-16-27)40-30-20-24(10-19-29(30)39-31(40)21-4-5-21)35(32(41)42,22-6-11-25(36)12-7-22)23-8-13-26(37)14-9-23/h6-14,19-21,27-28H,4-5,15-18H2,1-3H3,(H,38,43)(H,41,42)/t27-,28-. The maximum atomic E-state index is 13.5. The molecule has 0 radical (unpaired) electrons. The fraction of sp³-hybridized carbons (Fsp3) is 0.400. The Kier molecular flexibility index (Phi) is 8.14. The molecule has 0 aliphatic heterocycles. The van der Waals surface area contributed by atoms with Crippen molar-refractivity contribution < 1.29 is 19.4 Å². The van der Waals surface area contributed by atoms with Gasteiger partial charge in [-0.3, -0.25) is 4.79 Å². The van der Waals surface area contributed by atoms with Crippen molar-refractivity contribution in [3.05, 3.63) is 99.3 Å². The largest absolute Gasteiger partial charge is 0.480 e. The van der Waals surface area contributed by atoms with Crippen LogP contribution in [0.3, 0.4) is 0 Å². The molecule has 2 fully saturated rings. The highest BCUT2D eigenvalue weighted by molar-refractivity contribution is 6.30. The summed E-state index contributed by atoms with van der Waals surface area (Å²) < 4.78 is 7.84. The van der Waals surface area contributed by atoms with Gasteiger partial charge in [-0.1, -0.05) is 53.5 Å². The third kappa shape index (κ3) is 5.92. The molecule has 2 aliphatic carbocycles. The average Bonchev–Trinajstić information content (AvgIpc) is 3.75. The number of hydrogen-bond donors (Lipinski definition) is 2. The molecule has 230 valence electrons. The molecule has 6 rings (SSSR count). The molecule has 9 heteroatoms. The molecule has 4 aromatic rings. The summed E-state index contributed by atoms with van der Waals surface area (Å²) in [4.78, 5) is 31.0. The Bertz CT molecular complexity index is 1630. The molecule has 0 bridgehead atoms. The molecule has 1 aromatic heterocycles. The van der Waals surface area contributed by atoms with E-state index in [0.717, 1.165) is 55.4 Å².